The maximum Gasteiger partial charge on any atom is 0.251 e. The second-order valence-electron chi connectivity index (χ2n) is 7.08. The lowest BCUT2D eigenvalue weighted by Gasteiger charge is -2.24. The minimum absolute atomic E-state index is 0.0479. The lowest BCUT2D eigenvalue weighted by Crippen LogP contribution is -2.30. The number of nitrogens with zero attached hydrogens (tertiary/aromatic N) is 3. The molecule has 0 saturated carbocycles. The summed E-state index contributed by atoms with van der Waals surface area (Å²) in [5.41, 5.74) is 6.07. The molecule has 0 bridgehead atoms. The molecule has 0 saturated heterocycles. The summed E-state index contributed by atoms with van der Waals surface area (Å²) in [7, 11) is 2.18. The normalized spacial score (nSPS) is 14.4. The number of nitrogens with one attached hydrogen (secondary N) is 1. The van der Waals surface area contributed by atoms with Gasteiger partial charge in [-0.15, -0.1) is 0 Å². The van der Waals surface area contributed by atoms with Crippen molar-refractivity contribution in [3.05, 3.63) is 65.1 Å². The summed E-state index contributed by atoms with van der Waals surface area (Å²) < 4.78 is 2.39. The molecule has 0 spiro atoms. The Morgan fingerprint density at radius 1 is 1.23 bits per heavy atom. The third kappa shape index (κ3) is 3.10. The van der Waals surface area contributed by atoms with Crippen molar-refractivity contribution in [2.24, 2.45) is 0 Å². The van der Waals surface area contributed by atoms with Crippen LogP contribution in [0, 0.1) is 6.92 Å². The highest BCUT2D eigenvalue weighted by atomic mass is 16.1. The molecule has 0 fully saturated rings. The maximum absolute atomic E-state index is 12.3. The number of hydrogen-bond acceptors (Lipinski definition) is 3. The summed E-state index contributed by atoms with van der Waals surface area (Å²) in [5, 5.41) is 4.38. The quantitative estimate of drug-likeness (QED) is 0.789. The Bertz CT molecular complexity index is 946. The van der Waals surface area contributed by atoms with E-state index in [4.69, 9.17) is 0 Å². The lowest BCUT2D eigenvalue weighted by molar-refractivity contribution is 0.0952. The van der Waals surface area contributed by atoms with Gasteiger partial charge in [0, 0.05) is 67.2 Å². The molecule has 5 nitrogen and oxygen atoms in total. The molecule has 26 heavy (non-hydrogen) atoms. The monoisotopic (exact) mass is 348 g/mol. The van der Waals surface area contributed by atoms with Crippen LogP contribution in [0.25, 0.3) is 10.9 Å². The molecule has 2 aromatic heterocycles. The molecule has 1 amide bonds. The zero-order chi connectivity index (χ0) is 18.1. The number of likely N-dealkylation sites (N-methyl/N-ethyl adjacent to an activating group) is 1. The fourth-order valence-corrected chi connectivity index (χ4v) is 3.84. The van der Waals surface area contributed by atoms with Gasteiger partial charge in [-0.1, -0.05) is 11.6 Å². The number of pyridine rings is 1. The molecule has 3 aromatic rings. The minimum atomic E-state index is -0.0479. The highest BCUT2D eigenvalue weighted by Crippen LogP contribution is 2.31. The SMILES string of the molecule is Cc1ccc2c(c1)c1c(n2CCNC(=O)c2ccncc2)CCN(C)C1. The van der Waals surface area contributed by atoms with E-state index in [0.29, 0.717) is 12.1 Å². The Labute approximate surface area is 153 Å². The van der Waals surface area contributed by atoms with E-state index in [0.717, 1.165) is 26.1 Å². The molecule has 1 aliphatic heterocycles. The molecular formula is C21H24N4O. The van der Waals surface area contributed by atoms with Crippen LogP contribution in [0.1, 0.15) is 27.2 Å². The molecular weight excluding hydrogens is 324 g/mol. The minimum Gasteiger partial charge on any atom is -0.350 e. The average Bonchev–Trinajstić information content (AvgIpc) is 2.95. The predicted octanol–water partition coefficient (Wildman–Crippen LogP) is 2.76. The molecule has 0 radical (unpaired) electrons. The molecule has 0 aliphatic carbocycles. The fraction of sp³-hybridized carbons (Fsp3) is 0.333. The van der Waals surface area contributed by atoms with Crippen LogP contribution in [0.2, 0.25) is 0 Å². The summed E-state index contributed by atoms with van der Waals surface area (Å²) in [5.74, 6) is -0.0479. The zero-order valence-corrected chi connectivity index (χ0v) is 15.3. The Morgan fingerprint density at radius 3 is 2.85 bits per heavy atom. The first-order chi connectivity index (χ1) is 12.6. The van der Waals surface area contributed by atoms with Crippen molar-refractivity contribution >= 4 is 16.8 Å². The number of rotatable bonds is 4. The van der Waals surface area contributed by atoms with Gasteiger partial charge in [0.25, 0.3) is 5.91 Å². The van der Waals surface area contributed by atoms with Gasteiger partial charge in [-0.25, -0.2) is 0 Å². The second kappa shape index (κ2) is 6.92. The van der Waals surface area contributed by atoms with E-state index in [2.05, 4.69) is 51.9 Å². The van der Waals surface area contributed by atoms with Gasteiger partial charge in [0.2, 0.25) is 0 Å². The Kier molecular flexibility index (Phi) is 4.47. The van der Waals surface area contributed by atoms with Crippen LogP contribution in [0.4, 0.5) is 0 Å². The van der Waals surface area contributed by atoms with Crippen LogP contribution in [0.5, 0.6) is 0 Å². The predicted molar refractivity (Wildman–Crippen MR) is 103 cm³/mol. The summed E-state index contributed by atoms with van der Waals surface area (Å²) in [6, 6.07) is 10.2. The molecule has 0 unspecified atom stereocenters. The standard InChI is InChI=1S/C21H24N4O/c1-15-3-4-19-17(13-15)18-14-24(2)11-7-20(18)25(19)12-10-23-21(26)16-5-8-22-9-6-16/h3-6,8-9,13H,7,10-12,14H2,1-2H3,(H,23,26). The van der Waals surface area contributed by atoms with E-state index < -0.39 is 0 Å². The average molecular weight is 348 g/mol. The van der Waals surface area contributed by atoms with Crippen molar-refractivity contribution in [3.63, 3.8) is 0 Å². The smallest absolute Gasteiger partial charge is 0.251 e. The highest BCUT2D eigenvalue weighted by molar-refractivity contribution is 5.94. The number of aryl methyl sites for hydroxylation is 1. The molecule has 3 heterocycles. The van der Waals surface area contributed by atoms with Gasteiger partial charge in [0.15, 0.2) is 0 Å². The van der Waals surface area contributed by atoms with Crippen LogP contribution in [-0.2, 0) is 19.5 Å². The van der Waals surface area contributed by atoms with E-state index >= 15 is 0 Å². The van der Waals surface area contributed by atoms with Crippen LogP contribution in [0.15, 0.2) is 42.7 Å². The first-order valence-corrected chi connectivity index (χ1v) is 9.11. The van der Waals surface area contributed by atoms with Gasteiger partial charge in [-0.2, -0.15) is 0 Å². The van der Waals surface area contributed by atoms with E-state index in [9.17, 15) is 4.79 Å². The molecule has 5 heteroatoms. The summed E-state index contributed by atoms with van der Waals surface area (Å²) in [4.78, 5) is 18.6. The van der Waals surface area contributed by atoms with Crippen molar-refractivity contribution in [1.29, 1.82) is 0 Å². The molecule has 1 aliphatic rings. The topological polar surface area (TPSA) is 50.2 Å². The number of aromatic nitrogens is 2. The van der Waals surface area contributed by atoms with Crippen LogP contribution in [-0.4, -0.2) is 40.5 Å². The summed E-state index contributed by atoms with van der Waals surface area (Å²) >= 11 is 0. The highest BCUT2D eigenvalue weighted by Gasteiger charge is 2.22. The first kappa shape index (κ1) is 16.8. The number of hydrogen-bond donors (Lipinski definition) is 1. The van der Waals surface area contributed by atoms with E-state index in [1.165, 1.54) is 27.7 Å². The number of amides is 1. The van der Waals surface area contributed by atoms with Crippen LogP contribution < -0.4 is 5.32 Å². The molecule has 4 rings (SSSR count). The third-order valence-corrected chi connectivity index (χ3v) is 5.16. The van der Waals surface area contributed by atoms with Gasteiger partial charge in [0.05, 0.1) is 0 Å². The van der Waals surface area contributed by atoms with E-state index in [1.807, 2.05) is 0 Å². The van der Waals surface area contributed by atoms with E-state index in [-0.39, 0.29) is 5.91 Å². The van der Waals surface area contributed by atoms with Gasteiger partial charge >= 0.3 is 0 Å². The fourth-order valence-electron chi connectivity index (χ4n) is 3.84. The van der Waals surface area contributed by atoms with Crippen LogP contribution >= 0.6 is 0 Å². The van der Waals surface area contributed by atoms with Crippen molar-refractivity contribution in [2.45, 2.75) is 26.4 Å². The van der Waals surface area contributed by atoms with Gasteiger partial charge < -0.3 is 14.8 Å². The number of carbonyl (C=O) groups excluding carboxylic acids is 1. The number of carbonyl (C=O) groups is 1. The summed E-state index contributed by atoms with van der Waals surface area (Å²) in [6.07, 6.45) is 4.34. The Morgan fingerprint density at radius 2 is 2.04 bits per heavy atom. The van der Waals surface area contributed by atoms with Crippen LogP contribution in [0.3, 0.4) is 0 Å². The molecule has 134 valence electrons. The zero-order valence-electron chi connectivity index (χ0n) is 15.3. The Hall–Kier alpha value is -2.66. The van der Waals surface area contributed by atoms with Crippen molar-refractivity contribution in [1.82, 2.24) is 19.8 Å². The maximum atomic E-state index is 12.3. The van der Waals surface area contributed by atoms with Crippen molar-refractivity contribution < 1.29 is 4.79 Å². The van der Waals surface area contributed by atoms with Crippen molar-refractivity contribution in [3.8, 4) is 0 Å². The third-order valence-electron chi connectivity index (χ3n) is 5.16. The van der Waals surface area contributed by atoms with Gasteiger partial charge in [-0.05, 0) is 43.8 Å². The van der Waals surface area contributed by atoms with Gasteiger partial charge in [-0.3, -0.25) is 9.78 Å². The molecule has 0 atom stereocenters. The van der Waals surface area contributed by atoms with Gasteiger partial charge in [0.1, 0.15) is 0 Å². The first-order valence-electron chi connectivity index (χ1n) is 9.11. The number of fused-ring (bicyclic) bond motifs is 3. The largest absolute Gasteiger partial charge is 0.350 e. The molecule has 1 N–H and O–H groups in total. The molecule has 1 aromatic carbocycles. The van der Waals surface area contributed by atoms with Crippen molar-refractivity contribution in [2.75, 3.05) is 20.1 Å². The lowest BCUT2D eigenvalue weighted by atomic mass is 10.0. The number of benzene rings is 1. The summed E-state index contributed by atoms with van der Waals surface area (Å²) in [6.45, 7) is 5.61. The second-order valence-corrected chi connectivity index (χ2v) is 7.08. The van der Waals surface area contributed by atoms with E-state index in [1.54, 1.807) is 24.5 Å². The Balaban J connectivity index is 1.58.